The third-order valence-electron chi connectivity index (χ3n) is 3.23. The molecule has 1 aromatic carbocycles. The molecule has 0 radical (unpaired) electrons. The van der Waals surface area contributed by atoms with E-state index < -0.39 is 0 Å². The Morgan fingerprint density at radius 1 is 1.38 bits per heavy atom. The van der Waals surface area contributed by atoms with Gasteiger partial charge in [-0.25, -0.2) is 4.98 Å². The molecule has 3 N–H and O–H groups in total. The van der Waals surface area contributed by atoms with Crippen molar-refractivity contribution in [2.45, 2.75) is 20.3 Å². The Labute approximate surface area is 96.1 Å². The van der Waals surface area contributed by atoms with Gasteiger partial charge in [-0.05, 0) is 42.5 Å². The number of aromatic amines is 1. The number of nitrogens with two attached hydrogens (primary N) is 1. The van der Waals surface area contributed by atoms with Gasteiger partial charge in [0.25, 0.3) is 0 Å². The van der Waals surface area contributed by atoms with Gasteiger partial charge < -0.3 is 10.7 Å². The number of hydrogen-bond donors (Lipinski definition) is 2. The van der Waals surface area contributed by atoms with Crippen molar-refractivity contribution in [2.24, 2.45) is 17.6 Å². The van der Waals surface area contributed by atoms with Gasteiger partial charge in [0.15, 0.2) is 0 Å². The average Bonchev–Trinajstić information content (AvgIpc) is 2.72. The summed E-state index contributed by atoms with van der Waals surface area (Å²) >= 11 is 0. The summed E-state index contributed by atoms with van der Waals surface area (Å²) in [5.41, 5.74) is 9.26. The minimum atomic E-state index is 0.556. The Bertz CT molecular complexity index is 459. The predicted octanol–water partition coefficient (Wildman–Crippen LogP) is 2.34. The van der Waals surface area contributed by atoms with Crippen LogP contribution in [0.4, 0.5) is 0 Å². The van der Waals surface area contributed by atoms with Crippen LogP contribution in [-0.4, -0.2) is 16.5 Å². The first-order chi connectivity index (χ1) is 7.70. The Kier molecular flexibility index (Phi) is 3.25. The second-order valence-electron chi connectivity index (χ2n) is 4.70. The summed E-state index contributed by atoms with van der Waals surface area (Å²) in [4.78, 5) is 7.35. The fourth-order valence-electron chi connectivity index (χ4n) is 2.00. The fourth-order valence-corrected chi connectivity index (χ4v) is 2.00. The molecule has 0 saturated carbocycles. The van der Waals surface area contributed by atoms with E-state index in [0.717, 1.165) is 24.0 Å². The Morgan fingerprint density at radius 3 is 2.88 bits per heavy atom. The van der Waals surface area contributed by atoms with E-state index in [9.17, 15) is 0 Å². The molecule has 1 aromatic heterocycles. The zero-order valence-electron chi connectivity index (χ0n) is 9.90. The van der Waals surface area contributed by atoms with Gasteiger partial charge in [0.05, 0.1) is 17.4 Å². The van der Waals surface area contributed by atoms with Gasteiger partial charge >= 0.3 is 0 Å². The van der Waals surface area contributed by atoms with E-state index >= 15 is 0 Å². The molecule has 1 atom stereocenters. The van der Waals surface area contributed by atoms with Gasteiger partial charge in [-0.1, -0.05) is 19.9 Å². The number of aromatic nitrogens is 2. The standard InChI is InChI=1S/C13H19N3/c1-9(2)11(7-14)5-10-3-4-12-13(6-10)16-8-15-12/h3-4,6,8-9,11H,5,7,14H2,1-2H3,(H,15,16). The number of imidazole rings is 1. The predicted molar refractivity (Wildman–Crippen MR) is 67.2 cm³/mol. The third kappa shape index (κ3) is 2.25. The van der Waals surface area contributed by atoms with Crippen LogP contribution in [0.5, 0.6) is 0 Å². The molecule has 1 heterocycles. The molecular weight excluding hydrogens is 198 g/mol. The second kappa shape index (κ2) is 4.66. The molecule has 3 heteroatoms. The maximum atomic E-state index is 5.79. The van der Waals surface area contributed by atoms with Crippen LogP contribution in [0, 0.1) is 11.8 Å². The van der Waals surface area contributed by atoms with Crippen molar-refractivity contribution >= 4 is 11.0 Å². The van der Waals surface area contributed by atoms with E-state index in [4.69, 9.17) is 5.73 Å². The number of benzene rings is 1. The van der Waals surface area contributed by atoms with Gasteiger partial charge in [-0.2, -0.15) is 0 Å². The first-order valence-electron chi connectivity index (χ1n) is 5.82. The van der Waals surface area contributed by atoms with Crippen molar-refractivity contribution in [3.8, 4) is 0 Å². The molecule has 0 fully saturated rings. The van der Waals surface area contributed by atoms with Gasteiger partial charge in [-0.3, -0.25) is 0 Å². The molecule has 2 aromatic rings. The summed E-state index contributed by atoms with van der Waals surface area (Å²) in [5, 5.41) is 0. The second-order valence-corrected chi connectivity index (χ2v) is 4.70. The molecular formula is C13H19N3. The summed E-state index contributed by atoms with van der Waals surface area (Å²) < 4.78 is 0. The summed E-state index contributed by atoms with van der Waals surface area (Å²) in [6, 6.07) is 6.39. The molecule has 2 rings (SSSR count). The lowest BCUT2D eigenvalue weighted by Gasteiger charge is -2.18. The minimum absolute atomic E-state index is 0.556. The summed E-state index contributed by atoms with van der Waals surface area (Å²) in [5.74, 6) is 1.18. The fraction of sp³-hybridized carbons (Fsp3) is 0.462. The zero-order valence-corrected chi connectivity index (χ0v) is 9.90. The van der Waals surface area contributed by atoms with Gasteiger partial charge in [0.1, 0.15) is 0 Å². The minimum Gasteiger partial charge on any atom is -0.345 e. The lowest BCUT2D eigenvalue weighted by Crippen LogP contribution is -2.22. The van der Waals surface area contributed by atoms with Crippen molar-refractivity contribution in [1.29, 1.82) is 0 Å². The number of fused-ring (bicyclic) bond motifs is 1. The Balaban J connectivity index is 2.19. The normalized spacial score (nSPS) is 13.5. The number of H-pyrrole nitrogens is 1. The molecule has 0 aliphatic carbocycles. The van der Waals surface area contributed by atoms with Crippen LogP contribution in [0.2, 0.25) is 0 Å². The number of nitrogens with one attached hydrogen (secondary N) is 1. The highest BCUT2D eigenvalue weighted by Crippen LogP contribution is 2.18. The largest absolute Gasteiger partial charge is 0.345 e. The van der Waals surface area contributed by atoms with E-state index in [1.54, 1.807) is 6.33 Å². The number of nitrogens with zero attached hydrogens (tertiary/aromatic N) is 1. The Hall–Kier alpha value is -1.35. The van der Waals surface area contributed by atoms with Crippen LogP contribution in [0.15, 0.2) is 24.5 Å². The lowest BCUT2D eigenvalue weighted by molar-refractivity contribution is 0.392. The maximum absolute atomic E-state index is 5.79. The first kappa shape index (κ1) is 11.1. The van der Waals surface area contributed by atoms with Gasteiger partial charge in [0.2, 0.25) is 0 Å². The van der Waals surface area contributed by atoms with Crippen molar-refractivity contribution < 1.29 is 0 Å². The quantitative estimate of drug-likeness (QED) is 0.826. The van der Waals surface area contributed by atoms with Crippen LogP contribution in [-0.2, 0) is 6.42 Å². The molecule has 0 aliphatic heterocycles. The van der Waals surface area contributed by atoms with Crippen molar-refractivity contribution in [3.63, 3.8) is 0 Å². The van der Waals surface area contributed by atoms with Crippen LogP contribution >= 0.6 is 0 Å². The third-order valence-corrected chi connectivity index (χ3v) is 3.23. The molecule has 0 saturated heterocycles. The topological polar surface area (TPSA) is 54.7 Å². The Morgan fingerprint density at radius 2 is 2.19 bits per heavy atom. The molecule has 0 spiro atoms. The van der Waals surface area contributed by atoms with Crippen molar-refractivity contribution in [1.82, 2.24) is 9.97 Å². The molecule has 0 bridgehead atoms. The highest BCUT2D eigenvalue weighted by Gasteiger charge is 2.12. The van der Waals surface area contributed by atoms with E-state index in [0.29, 0.717) is 11.8 Å². The molecule has 86 valence electrons. The first-order valence-corrected chi connectivity index (χ1v) is 5.82. The molecule has 3 nitrogen and oxygen atoms in total. The smallest absolute Gasteiger partial charge is 0.0931 e. The summed E-state index contributed by atoms with van der Waals surface area (Å²) in [6.07, 6.45) is 2.78. The summed E-state index contributed by atoms with van der Waals surface area (Å²) in [7, 11) is 0. The van der Waals surface area contributed by atoms with Crippen molar-refractivity contribution in [3.05, 3.63) is 30.1 Å². The highest BCUT2D eigenvalue weighted by atomic mass is 14.9. The van der Waals surface area contributed by atoms with Crippen LogP contribution in [0.3, 0.4) is 0 Å². The molecule has 0 amide bonds. The molecule has 16 heavy (non-hydrogen) atoms. The lowest BCUT2D eigenvalue weighted by atomic mass is 9.89. The van der Waals surface area contributed by atoms with Gasteiger partial charge in [0, 0.05) is 0 Å². The highest BCUT2D eigenvalue weighted by molar-refractivity contribution is 5.75. The van der Waals surface area contributed by atoms with E-state index in [1.807, 2.05) is 0 Å². The zero-order chi connectivity index (χ0) is 11.5. The number of rotatable bonds is 4. The van der Waals surface area contributed by atoms with Gasteiger partial charge in [-0.15, -0.1) is 0 Å². The van der Waals surface area contributed by atoms with E-state index in [1.165, 1.54) is 5.56 Å². The van der Waals surface area contributed by atoms with E-state index in [2.05, 4.69) is 42.0 Å². The monoisotopic (exact) mass is 217 g/mol. The SMILES string of the molecule is CC(C)C(CN)Cc1ccc2nc[nH]c2c1. The summed E-state index contributed by atoms with van der Waals surface area (Å²) in [6.45, 7) is 5.21. The number of hydrogen-bond acceptors (Lipinski definition) is 2. The average molecular weight is 217 g/mol. The van der Waals surface area contributed by atoms with Crippen molar-refractivity contribution in [2.75, 3.05) is 6.54 Å². The molecule has 1 unspecified atom stereocenters. The van der Waals surface area contributed by atoms with Crippen LogP contribution in [0.1, 0.15) is 19.4 Å². The maximum Gasteiger partial charge on any atom is 0.0931 e. The van der Waals surface area contributed by atoms with Crippen LogP contribution < -0.4 is 5.73 Å². The van der Waals surface area contributed by atoms with E-state index in [-0.39, 0.29) is 0 Å². The molecule has 0 aliphatic rings. The van der Waals surface area contributed by atoms with Crippen LogP contribution in [0.25, 0.3) is 11.0 Å².